The van der Waals surface area contributed by atoms with Gasteiger partial charge in [0.1, 0.15) is 24.5 Å². The van der Waals surface area contributed by atoms with Crippen molar-refractivity contribution in [3.8, 4) is 5.75 Å². The number of benzene rings is 1. The van der Waals surface area contributed by atoms with Gasteiger partial charge >= 0.3 is 0 Å². The highest BCUT2D eigenvalue weighted by molar-refractivity contribution is 5.99. The molecule has 1 aromatic carbocycles. The van der Waals surface area contributed by atoms with E-state index in [1.807, 2.05) is 26.0 Å². The van der Waals surface area contributed by atoms with Crippen LogP contribution in [0.5, 0.6) is 5.75 Å². The Labute approximate surface area is 123 Å². The normalized spacial score (nSPS) is 14.7. The van der Waals surface area contributed by atoms with E-state index in [0.717, 1.165) is 30.8 Å². The van der Waals surface area contributed by atoms with Gasteiger partial charge in [0, 0.05) is 5.56 Å². The molecule has 110 valence electrons. The van der Waals surface area contributed by atoms with E-state index in [-0.39, 0.29) is 6.10 Å². The number of rotatable bonds is 3. The van der Waals surface area contributed by atoms with E-state index in [2.05, 4.69) is 21.3 Å². The molecular weight excluding hydrogens is 268 g/mol. The molecule has 0 saturated heterocycles. The van der Waals surface area contributed by atoms with Crippen LogP contribution in [-0.2, 0) is 11.3 Å². The second-order valence-electron chi connectivity index (χ2n) is 5.18. The second-order valence-corrected chi connectivity index (χ2v) is 5.18. The zero-order valence-corrected chi connectivity index (χ0v) is 12.2. The molecule has 0 spiro atoms. The molecule has 21 heavy (non-hydrogen) atoms. The fourth-order valence-electron chi connectivity index (χ4n) is 2.18. The lowest BCUT2D eigenvalue weighted by molar-refractivity contribution is 0.0851. The van der Waals surface area contributed by atoms with Crippen molar-refractivity contribution in [3.05, 3.63) is 42.0 Å². The summed E-state index contributed by atoms with van der Waals surface area (Å²) in [5, 5.41) is 8.34. The van der Waals surface area contributed by atoms with E-state index in [9.17, 15) is 0 Å². The van der Waals surface area contributed by atoms with Crippen LogP contribution in [0.15, 0.2) is 36.0 Å². The first kappa shape index (κ1) is 13.6. The minimum absolute atomic E-state index is 0.00241. The lowest BCUT2D eigenvalue weighted by Gasteiger charge is -2.18. The Morgan fingerprint density at radius 2 is 2.33 bits per heavy atom. The Kier molecular flexibility index (Phi) is 3.85. The Bertz CT molecular complexity index is 635. The molecule has 2 heterocycles. The third kappa shape index (κ3) is 3.04. The molecule has 0 unspecified atom stereocenters. The van der Waals surface area contributed by atoms with Gasteiger partial charge in [-0.25, -0.2) is 4.98 Å². The van der Waals surface area contributed by atoms with Crippen molar-refractivity contribution in [1.29, 1.82) is 0 Å². The lowest BCUT2D eigenvalue weighted by atomic mass is 10.0. The number of hydrogen-bond acceptors (Lipinski definition) is 5. The standard InChI is InChI=1S/C15H18N4O2/c1-11(2)21-18-15(19-10-16-9-17-19)13-6-5-12-4-3-7-20-14(12)8-13/h5-6,8-11H,3-4,7H2,1-2H3/b18-15-. The predicted molar refractivity (Wildman–Crippen MR) is 78.4 cm³/mol. The lowest BCUT2D eigenvalue weighted by Crippen LogP contribution is -2.17. The van der Waals surface area contributed by atoms with Crippen molar-refractivity contribution >= 4 is 5.84 Å². The van der Waals surface area contributed by atoms with Gasteiger partial charge in [-0.2, -0.15) is 9.78 Å². The average Bonchev–Trinajstić information content (AvgIpc) is 3.01. The van der Waals surface area contributed by atoms with Crippen LogP contribution in [0, 0.1) is 0 Å². The second kappa shape index (κ2) is 5.95. The average molecular weight is 286 g/mol. The summed E-state index contributed by atoms with van der Waals surface area (Å²) in [4.78, 5) is 9.35. The highest BCUT2D eigenvalue weighted by Crippen LogP contribution is 2.26. The third-order valence-corrected chi connectivity index (χ3v) is 3.16. The zero-order valence-electron chi connectivity index (χ0n) is 12.2. The molecule has 0 fully saturated rings. The summed E-state index contributed by atoms with van der Waals surface area (Å²) in [6.07, 6.45) is 5.18. The van der Waals surface area contributed by atoms with Gasteiger partial charge in [-0.05, 0) is 38.3 Å². The summed E-state index contributed by atoms with van der Waals surface area (Å²) in [6.45, 7) is 4.62. The summed E-state index contributed by atoms with van der Waals surface area (Å²) in [5.74, 6) is 1.51. The Morgan fingerprint density at radius 3 is 3.10 bits per heavy atom. The molecule has 0 amide bonds. The number of aromatic nitrogens is 3. The molecule has 6 nitrogen and oxygen atoms in total. The maximum absolute atomic E-state index is 5.72. The topological polar surface area (TPSA) is 61.5 Å². The third-order valence-electron chi connectivity index (χ3n) is 3.16. The van der Waals surface area contributed by atoms with E-state index in [0.29, 0.717) is 5.84 Å². The summed E-state index contributed by atoms with van der Waals surface area (Å²) in [6, 6.07) is 6.07. The molecule has 1 aliphatic rings. The summed E-state index contributed by atoms with van der Waals surface area (Å²) in [7, 11) is 0. The molecule has 0 aliphatic carbocycles. The monoisotopic (exact) mass is 286 g/mol. The quantitative estimate of drug-likeness (QED) is 0.493. The number of oxime groups is 1. The fraction of sp³-hybridized carbons (Fsp3) is 0.400. The van der Waals surface area contributed by atoms with Crippen LogP contribution in [0.3, 0.4) is 0 Å². The first-order valence-electron chi connectivity index (χ1n) is 7.09. The first-order chi connectivity index (χ1) is 10.2. The molecule has 2 aromatic rings. The highest BCUT2D eigenvalue weighted by Gasteiger charge is 2.15. The van der Waals surface area contributed by atoms with Crippen LogP contribution in [0.25, 0.3) is 0 Å². The Balaban J connectivity index is 1.98. The molecule has 0 bridgehead atoms. The Morgan fingerprint density at radius 1 is 1.43 bits per heavy atom. The molecule has 0 atom stereocenters. The molecule has 3 rings (SSSR count). The SMILES string of the molecule is CC(C)O/N=C(/c1ccc2c(c1)OCCC2)n1cncn1. The zero-order chi connectivity index (χ0) is 14.7. The van der Waals surface area contributed by atoms with E-state index >= 15 is 0 Å². The van der Waals surface area contributed by atoms with Gasteiger partial charge in [-0.3, -0.25) is 0 Å². The number of nitrogens with zero attached hydrogens (tertiary/aromatic N) is 4. The molecule has 0 saturated carbocycles. The fourth-order valence-corrected chi connectivity index (χ4v) is 2.18. The number of fused-ring (bicyclic) bond motifs is 1. The number of hydrogen-bond donors (Lipinski definition) is 0. The van der Waals surface area contributed by atoms with Crippen molar-refractivity contribution in [2.75, 3.05) is 6.61 Å². The summed E-state index contributed by atoms with van der Waals surface area (Å²) < 4.78 is 7.31. The van der Waals surface area contributed by atoms with Crippen LogP contribution >= 0.6 is 0 Å². The maximum atomic E-state index is 5.72. The molecule has 6 heteroatoms. The Hall–Kier alpha value is -2.37. The maximum Gasteiger partial charge on any atom is 0.201 e. The van der Waals surface area contributed by atoms with Gasteiger partial charge < -0.3 is 9.57 Å². The van der Waals surface area contributed by atoms with Gasteiger partial charge in [-0.1, -0.05) is 17.3 Å². The van der Waals surface area contributed by atoms with Crippen molar-refractivity contribution < 1.29 is 9.57 Å². The highest BCUT2D eigenvalue weighted by atomic mass is 16.6. The molecule has 0 radical (unpaired) electrons. The van der Waals surface area contributed by atoms with Crippen LogP contribution in [0.1, 0.15) is 31.4 Å². The number of aryl methyl sites for hydroxylation is 1. The van der Waals surface area contributed by atoms with Crippen molar-refractivity contribution in [1.82, 2.24) is 14.8 Å². The van der Waals surface area contributed by atoms with E-state index < -0.39 is 0 Å². The summed E-state index contributed by atoms with van der Waals surface area (Å²) >= 11 is 0. The van der Waals surface area contributed by atoms with Gasteiger partial charge in [0.05, 0.1) is 6.61 Å². The molecular formula is C15H18N4O2. The minimum atomic E-state index is -0.00241. The van der Waals surface area contributed by atoms with Crippen molar-refractivity contribution in [2.45, 2.75) is 32.8 Å². The summed E-state index contributed by atoms with van der Waals surface area (Å²) in [5.41, 5.74) is 2.12. The molecule has 1 aliphatic heterocycles. The van der Waals surface area contributed by atoms with Crippen LogP contribution in [-0.4, -0.2) is 33.3 Å². The van der Waals surface area contributed by atoms with Gasteiger partial charge in [0.15, 0.2) is 0 Å². The van der Waals surface area contributed by atoms with E-state index in [1.54, 1.807) is 11.0 Å². The van der Waals surface area contributed by atoms with E-state index in [1.165, 1.54) is 11.9 Å². The first-order valence-corrected chi connectivity index (χ1v) is 7.09. The van der Waals surface area contributed by atoms with Crippen LogP contribution in [0.4, 0.5) is 0 Å². The van der Waals surface area contributed by atoms with Gasteiger partial charge in [0.2, 0.25) is 5.84 Å². The van der Waals surface area contributed by atoms with Gasteiger partial charge in [0.25, 0.3) is 0 Å². The molecule has 1 aromatic heterocycles. The minimum Gasteiger partial charge on any atom is -0.493 e. The van der Waals surface area contributed by atoms with Crippen molar-refractivity contribution in [3.63, 3.8) is 0 Å². The van der Waals surface area contributed by atoms with Gasteiger partial charge in [-0.15, -0.1) is 0 Å². The smallest absolute Gasteiger partial charge is 0.201 e. The number of ether oxygens (including phenoxy) is 1. The largest absolute Gasteiger partial charge is 0.493 e. The predicted octanol–water partition coefficient (Wildman–Crippen LogP) is 2.24. The van der Waals surface area contributed by atoms with E-state index in [4.69, 9.17) is 9.57 Å². The molecule has 0 N–H and O–H groups in total. The van der Waals surface area contributed by atoms with Crippen molar-refractivity contribution in [2.24, 2.45) is 5.16 Å². The van der Waals surface area contributed by atoms with Crippen LogP contribution in [0.2, 0.25) is 0 Å². The van der Waals surface area contributed by atoms with Crippen LogP contribution < -0.4 is 4.74 Å².